The van der Waals surface area contributed by atoms with Crippen molar-refractivity contribution in [3.63, 3.8) is 0 Å². The first kappa shape index (κ1) is 25.2. The number of aliphatic carboxylic acids is 1. The largest absolute Gasteiger partial charge is 0.481 e. The van der Waals surface area contributed by atoms with Gasteiger partial charge in [-0.05, 0) is 35.7 Å². The van der Waals surface area contributed by atoms with E-state index in [0.29, 0.717) is 17.9 Å². The van der Waals surface area contributed by atoms with Crippen LogP contribution in [0.1, 0.15) is 23.6 Å². The van der Waals surface area contributed by atoms with Gasteiger partial charge >= 0.3 is 12.1 Å². The van der Waals surface area contributed by atoms with Crippen LogP contribution >= 0.6 is 0 Å². The summed E-state index contributed by atoms with van der Waals surface area (Å²) in [7, 11) is 0. The summed E-state index contributed by atoms with van der Waals surface area (Å²) in [4.78, 5) is 39.6. The molecule has 0 spiro atoms. The Kier molecular flexibility index (Phi) is 9.18. The summed E-state index contributed by atoms with van der Waals surface area (Å²) in [6.45, 7) is 2.11. The van der Waals surface area contributed by atoms with Gasteiger partial charge in [-0.1, -0.05) is 60.2 Å². The zero-order valence-electron chi connectivity index (χ0n) is 19.4. The van der Waals surface area contributed by atoms with E-state index in [1.807, 2.05) is 49.4 Å². The fourth-order valence-corrected chi connectivity index (χ4v) is 3.32. The molecule has 0 aliphatic rings. The molecule has 182 valence electrons. The number of nitrogens with zero attached hydrogens (tertiary/aromatic N) is 1. The van der Waals surface area contributed by atoms with Crippen LogP contribution in [-0.4, -0.2) is 47.8 Å². The van der Waals surface area contributed by atoms with Gasteiger partial charge in [0.25, 0.3) is 0 Å². The molecule has 9 heteroatoms. The molecule has 1 heterocycles. The van der Waals surface area contributed by atoms with Gasteiger partial charge in [-0.25, -0.2) is 9.78 Å². The van der Waals surface area contributed by atoms with Gasteiger partial charge in [-0.3, -0.25) is 9.59 Å². The van der Waals surface area contributed by atoms with E-state index in [1.54, 1.807) is 30.5 Å². The van der Waals surface area contributed by atoms with Crippen LogP contribution in [-0.2, 0) is 14.3 Å². The van der Waals surface area contributed by atoms with Gasteiger partial charge < -0.3 is 25.8 Å². The number of carbonyl (C=O) groups is 3. The topological polar surface area (TPSA) is 130 Å². The van der Waals surface area contributed by atoms with E-state index in [1.165, 1.54) is 0 Å². The minimum Gasteiger partial charge on any atom is -0.481 e. The molecule has 1 aromatic heterocycles. The van der Waals surface area contributed by atoms with Gasteiger partial charge in [-0.2, -0.15) is 0 Å². The quantitative estimate of drug-likeness (QED) is 0.312. The number of aromatic nitrogens is 1. The fourth-order valence-electron chi connectivity index (χ4n) is 3.32. The lowest BCUT2D eigenvalue weighted by Crippen LogP contribution is -2.39. The number of carboxylic acids is 1. The molecule has 0 bridgehead atoms. The molecular formula is C26H28N4O5. The summed E-state index contributed by atoms with van der Waals surface area (Å²) in [5, 5.41) is 17.3. The molecule has 1 unspecified atom stereocenters. The Hall–Kier alpha value is -4.40. The summed E-state index contributed by atoms with van der Waals surface area (Å²) in [5.74, 6) is -0.916. The molecule has 0 fully saturated rings. The summed E-state index contributed by atoms with van der Waals surface area (Å²) in [6, 6.07) is 20.1. The maximum Gasteiger partial charge on any atom is 0.407 e. The minimum absolute atomic E-state index is 0.0823. The molecule has 4 N–H and O–H groups in total. The van der Waals surface area contributed by atoms with Gasteiger partial charge in [0, 0.05) is 6.20 Å². The fraction of sp³-hybridized carbons (Fsp3) is 0.231. The van der Waals surface area contributed by atoms with E-state index >= 15 is 0 Å². The average Bonchev–Trinajstić information content (AvgIpc) is 2.86. The van der Waals surface area contributed by atoms with Crippen molar-refractivity contribution < 1.29 is 24.2 Å². The standard InChI is InChI=1S/C26H28N4O5/c1-18-5-7-19(8-6-18)20-9-11-21(12-10-20)22(16-25(32)33)30-24(31)17-29-26(34)35-15-14-28-23-4-2-3-13-27-23/h2-13,22H,14-17H2,1H3,(H,27,28)(H,29,34)(H,30,31)(H,32,33). The normalized spacial score (nSPS) is 11.2. The summed E-state index contributed by atoms with van der Waals surface area (Å²) >= 11 is 0. The molecule has 0 radical (unpaired) electrons. The summed E-state index contributed by atoms with van der Waals surface area (Å²) in [5.41, 5.74) is 3.84. The van der Waals surface area contributed by atoms with Crippen LogP contribution in [0.5, 0.6) is 0 Å². The zero-order chi connectivity index (χ0) is 25.0. The highest BCUT2D eigenvalue weighted by atomic mass is 16.5. The first-order valence-electron chi connectivity index (χ1n) is 11.1. The van der Waals surface area contributed by atoms with Crippen LogP contribution in [0, 0.1) is 6.92 Å². The lowest BCUT2D eigenvalue weighted by molar-refractivity contribution is -0.137. The van der Waals surface area contributed by atoms with Gasteiger partial charge in [0.05, 0.1) is 19.0 Å². The Bertz CT molecular complexity index is 1120. The second kappa shape index (κ2) is 12.7. The molecule has 2 amide bonds. The van der Waals surface area contributed by atoms with Crippen molar-refractivity contribution in [1.82, 2.24) is 15.6 Å². The van der Waals surface area contributed by atoms with Gasteiger partial charge in [0.15, 0.2) is 0 Å². The predicted octanol–water partition coefficient (Wildman–Crippen LogP) is 3.53. The van der Waals surface area contributed by atoms with Crippen molar-refractivity contribution in [3.8, 4) is 11.1 Å². The third-order valence-electron chi connectivity index (χ3n) is 5.11. The summed E-state index contributed by atoms with van der Waals surface area (Å²) < 4.78 is 5.02. The molecule has 2 aromatic carbocycles. The van der Waals surface area contributed by atoms with Crippen molar-refractivity contribution in [1.29, 1.82) is 0 Å². The van der Waals surface area contributed by atoms with Crippen LogP contribution in [0.15, 0.2) is 72.9 Å². The van der Waals surface area contributed by atoms with Crippen LogP contribution in [0.4, 0.5) is 10.6 Å². The Balaban J connectivity index is 1.47. The smallest absolute Gasteiger partial charge is 0.407 e. The third kappa shape index (κ3) is 8.47. The number of alkyl carbamates (subject to hydrolysis) is 1. The van der Waals surface area contributed by atoms with Crippen LogP contribution < -0.4 is 16.0 Å². The number of carboxylic acid groups (broad SMARTS) is 1. The van der Waals surface area contributed by atoms with Gasteiger partial charge in [0.1, 0.15) is 19.0 Å². The SMILES string of the molecule is Cc1ccc(-c2ccc(C(CC(=O)O)NC(=O)CNC(=O)OCCNc3ccccn3)cc2)cc1. The minimum atomic E-state index is -1.05. The van der Waals surface area contributed by atoms with Crippen LogP contribution in [0.3, 0.4) is 0 Å². The number of hydrogen-bond acceptors (Lipinski definition) is 6. The number of aryl methyl sites for hydroxylation is 1. The number of ether oxygens (including phenoxy) is 1. The highest BCUT2D eigenvalue weighted by Gasteiger charge is 2.19. The van der Waals surface area contributed by atoms with E-state index in [2.05, 4.69) is 20.9 Å². The number of benzene rings is 2. The lowest BCUT2D eigenvalue weighted by atomic mass is 9.98. The molecule has 3 aromatic rings. The number of pyridine rings is 1. The van der Waals surface area contributed by atoms with Crippen molar-refractivity contribution in [2.75, 3.05) is 25.0 Å². The number of amides is 2. The van der Waals surface area contributed by atoms with E-state index in [4.69, 9.17) is 4.74 Å². The Morgan fingerprint density at radius 2 is 1.66 bits per heavy atom. The van der Waals surface area contributed by atoms with E-state index in [0.717, 1.165) is 16.7 Å². The van der Waals surface area contributed by atoms with E-state index < -0.39 is 24.0 Å². The van der Waals surface area contributed by atoms with Crippen molar-refractivity contribution >= 4 is 23.8 Å². The number of rotatable bonds is 11. The van der Waals surface area contributed by atoms with Crippen LogP contribution in [0.2, 0.25) is 0 Å². The second-order valence-electron chi connectivity index (χ2n) is 7.84. The molecule has 0 saturated heterocycles. The molecule has 0 aliphatic heterocycles. The van der Waals surface area contributed by atoms with Crippen molar-refractivity contribution in [3.05, 3.63) is 84.1 Å². The van der Waals surface area contributed by atoms with Gasteiger partial charge in [-0.15, -0.1) is 0 Å². The van der Waals surface area contributed by atoms with Gasteiger partial charge in [0.2, 0.25) is 5.91 Å². The monoisotopic (exact) mass is 476 g/mol. The van der Waals surface area contributed by atoms with Crippen LogP contribution in [0.25, 0.3) is 11.1 Å². The molecule has 1 atom stereocenters. The average molecular weight is 477 g/mol. The maximum atomic E-state index is 12.4. The first-order chi connectivity index (χ1) is 16.9. The Labute approximate surface area is 203 Å². The molecule has 35 heavy (non-hydrogen) atoms. The predicted molar refractivity (Wildman–Crippen MR) is 132 cm³/mol. The Morgan fingerprint density at radius 3 is 2.29 bits per heavy atom. The highest BCUT2D eigenvalue weighted by molar-refractivity contribution is 5.83. The number of nitrogens with one attached hydrogen (secondary N) is 3. The van der Waals surface area contributed by atoms with E-state index in [-0.39, 0.29) is 19.6 Å². The third-order valence-corrected chi connectivity index (χ3v) is 5.11. The van der Waals surface area contributed by atoms with E-state index in [9.17, 15) is 19.5 Å². The number of carbonyl (C=O) groups excluding carboxylic acids is 2. The highest BCUT2D eigenvalue weighted by Crippen LogP contribution is 2.24. The molecule has 9 nitrogen and oxygen atoms in total. The summed E-state index contributed by atoms with van der Waals surface area (Å²) in [6.07, 6.45) is 0.601. The molecule has 0 saturated carbocycles. The Morgan fingerprint density at radius 1 is 0.971 bits per heavy atom. The zero-order valence-corrected chi connectivity index (χ0v) is 19.4. The number of anilines is 1. The molecule has 0 aliphatic carbocycles. The number of hydrogen-bond donors (Lipinski definition) is 4. The van der Waals surface area contributed by atoms with Crippen molar-refractivity contribution in [2.24, 2.45) is 0 Å². The maximum absolute atomic E-state index is 12.4. The first-order valence-corrected chi connectivity index (χ1v) is 11.1. The second-order valence-corrected chi connectivity index (χ2v) is 7.84. The molecular weight excluding hydrogens is 448 g/mol. The lowest BCUT2D eigenvalue weighted by Gasteiger charge is -2.18. The molecule has 3 rings (SSSR count). The van der Waals surface area contributed by atoms with Crippen molar-refractivity contribution in [2.45, 2.75) is 19.4 Å².